The number of ether oxygens (including phenoxy) is 1. The van der Waals surface area contributed by atoms with Gasteiger partial charge in [-0.2, -0.15) is 8.42 Å². The number of fused-ring (bicyclic) bond motifs is 1. The third kappa shape index (κ3) is 4.61. The SMILES string of the molecule is COCC1(C(=O)O)CS[C@@H]2C(N)C(=O)N2C1.Cc1ccc(S(=O)(=O)O)cc1. The summed E-state index contributed by atoms with van der Waals surface area (Å²) in [5.41, 5.74) is 5.59. The molecule has 150 valence electrons. The fraction of sp³-hybridized carbons (Fsp3) is 0.500. The minimum absolute atomic E-state index is 0.0585. The number of thioether (sulfide) groups is 1. The Balaban J connectivity index is 0.000000208. The van der Waals surface area contributed by atoms with Crippen LogP contribution in [-0.4, -0.2) is 72.3 Å². The van der Waals surface area contributed by atoms with Gasteiger partial charge in [0, 0.05) is 19.4 Å². The zero-order chi connectivity index (χ0) is 20.4. The summed E-state index contributed by atoms with van der Waals surface area (Å²) in [7, 11) is -2.56. The van der Waals surface area contributed by atoms with Crippen LogP contribution in [0.1, 0.15) is 5.56 Å². The zero-order valence-electron chi connectivity index (χ0n) is 14.9. The third-order valence-electron chi connectivity index (χ3n) is 4.38. The second kappa shape index (κ2) is 8.15. The number of rotatable bonds is 4. The van der Waals surface area contributed by atoms with E-state index in [0.717, 1.165) is 5.56 Å². The van der Waals surface area contributed by atoms with E-state index >= 15 is 0 Å². The number of amides is 1. The van der Waals surface area contributed by atoms with Crippen LogP contribution in [0.15, 0.2) is 29.2 Å². The van der Waals surface area contributed by atoms with Gasteiger partial charge in [-0.15, -0.1) is 11.8 Å². The molecular formula is C16H22N2O7S2. The molecule has 9 nitrogen and oxygen atoms in total. The van der Waals surface area contributed by atoms with E-state index in [1.54, 1.807) is 12.1 Å². The molecular weight excluding hydrogens is 396 g/mol. The van der Waals surface area contributed by atoms with Crippen LogP contribution in [0.3, 0.4) is 0 Å². The molecule has 0 aliphatic carbocycles. The molecule has 1 aromatic rings. The van der Waals surface area contributed by atoms with Gasteiger partial charge < -0.3 is 20.5 Å². The molecule has 2 fully saturated rings. The highest BCUT2D eigenvalue weighted by molar-refractivity contribution is 8.00. The molecule has 2 saturated heterocycles. The molecule has 27 heavy (non-hydrogen) atoms. The Morgan fingerprint density at radius 1 is 1.41 bits per heavy atom. The van der Waals surface area contributed by atoms with Crippen molar-refractivity contribution in [3.63, 3.8) is 0 Å². The fourth-order valence-corrected chi connectivity index (χ4v) is 4.74. The molecule has 0 radical (unpaired) electrons. The maximum Gasteiger partial charge on any atom is 0.314 e. The molecule has 0 saturated carbocycles. The highest BCUT2D eigenvalue weighted by atomic mass is 32.2. The lowest BCUT2D eigenvalue weighted by Crippen LogP contribution is -2.72. The molecule has 0 spiro atoms. The number of hydrogen-bond acceptors (Lipinski definition) is 7. The first kappa shape index (κ1) is 21.6. The van der Waals surface area contributed by atoms with Crippen LogP contribution in [0.5, 0.6) is 0 Å². The van der Waals surface area contributed by atoms with E-state index in [2.05, 4.69) is 0 Å². The molecule has 2 heterocycles. The molecule has 2 aliphatic heterocycles. The van der Waals surface area contributed by atoms with Crippen LogP contribution in [0, 0.1) is 12.3 Å². The van der Waals surface area contributed by atoms with Gasteiger partial charge in [0.2, 0.25) is 5.91 Å². The summed E-state index contributed by atoms with van der Waals surface area (Å²) in [6.07, 6.45) is 0. The number of benzene rings is 1. The Hall–Kier alpha value is -1.66. The second-order valence-electron chi connectivity index (χ2n) is 6.50. The Morgan fingerprint density at radius 3 is 2.48 bits per heavy atom. The molecule has 0 bridgehead atoms. The number of β-lactam (4-membered cyclic amide) rings is 1. The first-order valence-corrected chi connectivity index (χ1v) is 10.4. The van der Waals surface area contributed by atoms with Gasteiger partial charge in [-0.1, -0.05) is 17.7 Å². The summed E-state index contributed by atoms with van der Waals surface area (Å²) in [5.74, 6) is -0.661. The fourth-order valence-electron chi connectivity index (χ4n) is 2.79. The number of nitrogens with two attached hydrogens (primary N) is 1. The van der Waals surface area contributed by atoms with Crippen molar-refractivity contribution >= 4 is 33.8 Å². The Kier molecular flexibility index (Phi) is 6.53. The van der Waals surface area contributed by atoms with E-state index in [-0.39, 0.29) is 29.3 Å². The minimum Gasteiger partial charge on any atom is -0.481 e. The monoisotopic (exact) mass is 418 g/mol. The average molecular weight is 418 g/mol. The van der Waals surface area contributed by atoms with Gasteiger partial charge in [0.05, 0.1) is 11.5 Å². The van der Waals surface area contributed by atoms with Crippen LogP contribution >= 0.6 is 11.8 Å². The molecule has 11 heteroatoms. The number of nitrogens with zero attached hydrogens (tertiary/aromatic N) is 1. The minimum atomic E-state index is -4.02. The number of carbonyl (C=O) groups is 2. The van der Waals surface area contributed by atoms with Crippen LogP contribution in [0.25, 0.3) is 0 Å². The molecule has 2 unspecified atom stereocenters. The zero-order valence-corrected chi connectivity index (χ0v) is 16.5. The first-order valence-electron chi connectivity index (χ1n) is 7.96. The van der Waals surface area contributed by atoms with E-state index in [9.17, 15) is 23.1 Å². The van der Waals surface area contributed by atoms with Crippen molar-refractivity contribution in [2.45, 2.75) is 23.2 Å². The lowest BCUT2D eigenvalue weighted by atomic mass is 9.88. The number of aryl methyl sites for hydroxylation is 1. The van der Waals surface area contributed by atoms with Gasteiger partial charge in [0.25, 0.3) is 10.1 Å². The normalized spacial score (nSPS) is 27.1. The van der Waals surface area contributed by atoms with Crippen LogP contribution in [0.4, 0.5) is 0 Å². The Labute approximate surface area is 161 Å². The van der Waals surface area contributed by atoms with Gasteiger partial charge in [-0.25, -0.2) is 0 Å². The number of aliphatic carboxylic acids is 1. The molecule has 3 atom stereocenters. The lowest BCUT2D eigenvalue weighted by Gasteiger charge is -2.52. The molecule has 2 aliphatic rings. The van der Waals surface area contributed by atoms with Crippen molar-refractivity contribution in [3.05, 3.63) is 29.8 Å². The summed E-state index contributed by atoms with van der Waals surface area (Å²) >= 11 is 1.42. The van der Waals surface area contributed by atoms with E-state index < -0.39 is 27.5 Å². The number of carboxylic acids is 1. The number of hydrogen-bond donors (Lipinski definition) is 3. The predicted octanol–water partition coefficient (Wildman–Crippen LogP) is 0.188. The van der Waals surface area contributed by atoms with Gasteiger partial charge in [-0.3, -0.25) is 14.1 Å². The molecule has 1 amide bonds. The third-order valence-corrected chi connectivity index (χ3v) is 6.86. The predicted molar refractivity (Wildman–Crippen MR) is 98.9 cm³/mol. The summed E-state index contributed by atoms with van der Waals surface area (Å²) in [6.45, 7) is 2.15. The largest absolute Gasteiger partial charge is 0.481 e. The Bertz CT molecular complexity index is 813. The first-order chi connectivity index (χ1) is 12.5. The van der Waals surface area contributed by atoms with Gasteiger partial charge >= 0.3 is 5.97 Å². The summed E-state index contributed by atoms with van der Waals surface area (Å²) in [5, 5.41) is 9.18. The van der Waals surface area contributed by atoms with E-state index in [1.807, 2.05) is 6.92 Å². The quantitative estimate of drug-likeness (QED) is 0.460. The van der Waals surface area contributed by atoms with Crippen molar-refractivity contribution < 1.29 is 32.4 Å². The average Bonchev–Trinajstić information content (AvgIpc) is 2.61. The number of methoxy groups -OCH3 is 1. The summed E-state index contributed by atoms with van der Waals surface area (Å²) in [4.78, 5) is 24.2. The maximum absolute atomic E-state index is 11.5. The summed E-state index contributed by atoms with van der Waals surface area (Å²) < 4.78 is 34.5. The van der Waals surface area contributed by atoms with Gasteiger partial charge in [0.1, 0.15) is 16.8 Å². The van der Waals surface area contributed by atoms with Gasteiger partial charge in [-0.05, 0) is 19.1 Å². The van der Waals surface area contributed by atoms with Crippen molar-refractivity contribution in [3.8, 4) is 0 Å². The van der Waals surface area contributed by atoms with E-state index in [4.69, 9.17) is 15.0 Å². The standard InChI is InChI=1S/C9H14N2O4S.C7H8O3S/c1-15-3-9(8(13)14)2-11-6(12)5(10)7(11)16-4-9;1-6-2-4-7(5-3-6)11(8,9)10/h5,7H,2-4,10H2,1H3,(H,13,14);2-5H,1H3,(H,8,9,10)/t5?,7-,9?;/m1./s1. The van der Waals surface area contributed by atoms with Gasteiger partial charge in [0.15, 0.2) is 0 Å². The van der Waals surface area contributed by atoms with Crippen molar-refractivity contribution in [1.29, 1.82) is 0 Å². The topological polar surface area (TPSA) is 147 Å². The molecule has 0 aromatic heterocycles. The summed E-state index contributed by atoms with van der Waals surface area (Å²) in [6, 6.07) is 5.51. The van der Waals surface area contributed by atoms with Crippen LogP contribution in [0.2, 0.25) is 0 Å². The molecule has 3 rings (SSSR count). The van der Waals surface area contributed by atoms with Crippen molar-refractivity contribution in [2.75, 3.05) is 26.0 Å². The smallest absolute Gasteiger partial charge is 0.314 e. The highest BCUT2D eigenvalue weighted by Gasteiger charge is 2.55. The molecule has 1 aromatic carbocycles. The highest BCUT2D eigenvalue weighted by Crippen LogP contribution is 2.41. The Morgan fingerprint density at radius 2 is 2.00 bits per heavy atom. The second-order valence-corrected chi connectivity index (χ2v) is 9.03. The van der Waals surface area contributed by atoms with E-state index in [1.165, 1.54) is 35.9 Å². The van der Waals surface area contributed by atoms with Crippen molar-refractivity contribution in [1.82, 2.24) is 4.90 Å². The van der Waals surface area contributed by atoms with E-state index in [0.29, 0.717) is 5.75 Å². The van der Waals surface area contributed by atoms with Crippen LogP contribution in [-0.2, 0) is 24.4 Å². The lowest BCUT2D eigenvalue weighted by molar-refractivity contribution is -0.159. The number of carboxylic acid groups (broad SMARTS) is 1. The molecule has 4 N–H and O–H groups in total. The van der Waals surface area contributed by atoms with Crippen LogP contribution < -0.4 is 5.73 Å². The maximum atomic E-state index is 11.5. The van der Waals surface area contributed by atoms with Crippen molar-refractivity contribution in [2.24, 2.45) is 11.1 Å². The number of carbonyl (C=O) groups excluding carboxylic acids is 1.